The van der Waals surface area contributed by atoms with Crippen molar-refractivity contribution in [2.45, 2.75) is 23.3 Å². The van der Waals surface area contributed by atoms with Crippen molar-refractivity contribution in [3.05, 3.63) is 90.3 Å². The lowest BCUT2D eigenvalue weighted by atomic mass is 10.2. The molecule has 1 aliphatic rings. The quantitative estimate of drug-likeness (QED) is 0.365. The predicted octanol–water partition coefficient (Wildman–Crippen LogP) is 3.06. The number of hydrogen-bond acceptors (Lipinski definition) is 7. The van der Waals surface area contributed by atoms with Crippen LogP contribution >= 0.6 is 0 Å². The molecule has 11 heteroatoms. The molecular weight excluding hydrogens is 536 g/mol. The highest BCUT2D eigenvalue weighted by Gasteiger charge is 2.28. The van der Waals surface area contributed by atoms with Crippen LogP contribution in [0.3, 0.4) is 0 Å². The van der Waals surface area contributed by atoms with Crippen molar-refractivity contribution in [3.63, 3.8) is 0 Å². The number of pyridine rings is 1. The first-order valence-corrected chi connectivity index (χ1v) is 15.9. The van der Waals surface area contributed by atoms with Crippen LogP contribution in [0, 0.1) is 0 Å². The predicted molar refractivity (Wildman–Crippen MR) is 151 cm³/mol. The van der Waals surface area contributed by atoms with Crippen molar-refractivity contribution in [2.75, 3.05) is 43.9 Å². The summed E-state index contributed by atoms with van der Waals surface area (Å²) in [7, 11) is -6.94. The normalized spacial score (nSPS) is 15.4. The second-order valence-corrected chi connectivity index (χ2v) is 13.2. The minimum atomic E-state index is -3.65. The van der Waals surface area contributed by atoms with E-state index in [2.05, 4.69) is 9.88 Å². The lowest BCUT2D eigenvalue weighted by Gasteiger charge is -2.34. The van der Waals surface area contributed by atoms with Crippen molar-refractivity contribution in [1.29, 1.82) is 0 Å². The molecule has 0 unspecified atom stereocenters. The summed E-state index contributed by atoms with van der Waals surface area (Å²) in [6.07, 6.45) is 7.72. The van der Waals surface area contributed by atoms with E-state index in [0.29, 0.717) is 44.0 Å². The summed E-state index contributed by atoms with van der Waals surface area (Å²) < 4.78 is 51.2. The standard InChI is InChI=1S/C28H32N4O5S2/c1-3-32(28(33)15-8-23-6-11-26(12-7-23)38(2,34)35)25-9-13-27(14-10-25)39(36,37)31-19-17-30(18-20-31)22-24-5-4-16-29-21-24/h4-16,21H,3,17-20,22H2,1-2H3/b15-8+. The van der Waals surface area contributed by atoms with Gasteiger partial charge in [-0.2, -0.15) is 4.31 Å². The highest BCUT2D eigenvalue weighted by molar-refractivity contribution is 7.90. The fourth-order valence-corrected chi connectivity index (χ4v) is 6.43. The number of carbonyl (C=O) groups is 1. The molecule has 3 aromatic rings. The number of anilines is 1. The van der Waals surface area contributed by atoms with Crippen LogP contribution in [-0.4, -0.2) is 75.9 Å². The second-order valence-electron chi connectivity index (χ2n) is 9.29. The van der Waals surface area contributed by atoms with Gasteiger partial charge in [0.1, 0.15) is 0 Å². The molecule has 4 rings (SSSR count). The van der Waals surface area contributed by atoms with Crippen LogP contribution in [0.2, 0.25) is 0 Å². The SMILES string of the molecule is CCN(C(=O)/C=C/c1ccc(S(C)(=O)=O)cc1)c1ccc(S(=O)(=O)N2CCN(Cc3cccnc3)CC2)cc1. The maximum absolute atomic E-state index is 13.3. The summed E-state index contributed by atoms with van der Waals surface area (Å²) in [4.78, 5) is 21.2. The van der Waals surface area contributed by atoms with Gasteiger partial charge < -0.3 is 4.90 Å². The van der Waals surface area contributed by atoms with Crippen molar-refractivity contribution >= 4 is 37.5 Å². The third kappa shape index (κ3) is 7.18. The van der Waals surface area contributed by atoms with Gasteiger partial charge in [0, 0.05) is 69.7 Å². The van der Waals surface area contributed by atoms with E-state index >= 15 is 0 Å². The molecule has 1 amide bonds. The van der Waals surface area contributed by atoms with Gasteiger partial charge in [-0.05, 0) is 66.6 Å². The molecule has 0 spiro atoms. The number of hydrogen-bond donors (Lipinski definition) is 0. The highest BCUT2D eigenvalue weighted by atomic mass is 32.2. The van der Waals surface area contributed by atoms with E-state index in [9.17, 15) is 21.6 Å². The molecule has 1 aromatic heterocycles. The molecule has 2 aromatic carbocycles. The van der Waals surface area contributed by atoms with Gasteiger partial charge in [-0.3, -0.25) is 14.7 Å². The van der Waals surface area contributed by atoms with Crippen LogP contribution in [0.25, 0.3) is 6.08 Å². The average molecular weight is 569 g/mol. The Balaban J connectivity index is 1.38. The molecule has 1 saturated heterocycles. The Labute approximate surface area is 230 Å². The Kier molecular flexibility index (Phi) is 8.96. The lowest BCUT2D eigenvalue weighted by Crippen LogP contribution is -2.48. The fraction of sp³-hybridized carbons (Fsp3) is 0.286. The average Bonchev–Trinajstić information content (AvgIpc) is 2.93. The molecular formula is C28H32N4O5S2. The fourth-order valence-electron chi connectivity index (χ4n) is 4.37. The topological polar surface area (TPSA) is 108 Å². The molecule has 1 fully saturated rings. The van der Waals surface area contributed by atoms with Crippen LogP contribution < -0.4 is 4.90 Å². The number of likely N-dealkylation sites (N-methyl/N-ethyl adjacent to an activating group) is 1. The summed E-state index contributed by atoms with van der Waals surface area (Å²) in [6.45, 7) is 5.03. The monoisotopic (exact) mass is 568 g/mol. The van der Waals surface area contributed by atoms with Gasteiger partial charge in [0.25, 0.3) is 5.91 Å². The number of amides is 1. The van der Waals surface area contributed by atoms with Gasteiger partial charge in [-0.25, -0.2) is 16.8 Å². The van der Waals surface area contributed by atoms with Crippen molar-refractivity contribution in [2.24, 2.45) is 0 Å². The van der Waals surface area contributed by atoms with Crippen LogP contribution in [0.4, 0.5) is 5.69 Å². The number of benzene rings is 2. The maximum Gasteiger partial charge on any atom is 0.250 e. The zero-order valence-corrected chi connectivity index (χ0v) is 23.6. The van der Waals surface area contributed by atoms with E-state index in [0.717, 1.165) is 18.4 Å². The molecule has 0 aliphatic carbocycles. The smallest absolute Gasteiger partial charge is 0.250 e. The van der Waals surface area contributed by atoms with E-state index in [1.165, 1.54) is 39.5 Å². The Morgan fingerprint density at radius 1 is 0.923 bits per heavy atom. The summed E-state index contributed by atoms with van der Waals surface area (Å²) in [6, 6.07) is 16.5. The molecule has 39 heavy (non-hydrogen) atoms. The number of nitrogens with zero attached hydrogens (tertiary/aromatic N) is 4. The van der Waals surface area contributed by atoms with Gasteiger partial charge in [-0.1, -0.05) is 18.2 Å². The first-order chi connectivity index (χ1) is 18.6. The third-order valence-corrected chi connectivity index (χ3v) is 9.60. The summed E-state index contributed by atoms with van der Waals surface area (Å²) >= 11 is 0. The molecule has 1 aliphatic heterocycles. The van der Waals surface area contributed by atoms with E-state index in [1.54, 1.807) is 36.5 Å². The van der Waals surface area contributed by atoms with Gasteiger partial charge in [-0.15, -0.1) is 0 Å². The second kappa shape index (κ2) is 12.2. The number of aromatic nitrogens is 1. The van der Waals surface area contributed by atoms with Gasteiger partial charge in [0.05, 0.1) is 9.79 Å². The van der Waals surface area contributed by atoms with Crippen molar-refractivity contribution < 1.29 is 21.6 Å². The Hall–Kier alpha value is -3.38. The number of sulfone groups is 1. The Morgan fingerprint density at radius 3 is 2.13 bits per heavy atom. The Morgan fingerprint density at radius 2 is 1.56 bits per heavy atom. The zero-order chi connectivity index (χ0) is 28.0. The van der Waals surface area contributed by atoms with Crippen LogP contribution in [0.5, 0.6) is 0 Å². The van der Waals surface area contributed by atoms with E-state index in [-0.39, 0.29) is 15.7 Å². The lowest BCUT2D eigenvalue weighted by molar-refractivity contribution is -0.114. The van der Waals surface area contributed by atoms with Crippen LogP contribution in [-0.2, 0) is 31.2 Å². The molecule has 0 atom stereocenters. The summed E-state index contributed by atoms with van der Waals surface area (Å²) in [5, 5.41) is 0. The number of carbonyl (C=O) groups excluding carboxylic acids is 1. The molecule has 0 saturated carbocycles. The van der Waals surface area contributed by atoms with E-state index in [1.807, 2.05) is 25.3 Å². The third-order valence-electron chi connectivity index (χ3n) is 6.56. The van der Waals surface area contributed by atoms with Crippen molar-refractivity contribution in [1.82, 2.24) is 14.2 Å². The van der Waals surface area contributed by atoms with E-state index in [4.69, 9.17) is 0 Å². The summed E-state index contributed by atoms with van der Waals surface area (Å²) in [5.41, 5.74) is 2.37. The molecule has 2 heterocycles. The van der Waals surface area contributed by atoms with Gasteiger partial charge >= 0.3 is 0 Å². The minimum Gasteiger partial charge on any atom is -0.309 e. The van der Waals surface area contributed by atoms with Gasteiger partial charge in [0.2, 0.25) is 10.0 Å². The minimum absolute atomic E-state index is 0.192. The van der Waals surface area contributed by atoms with Gasteiger partial charge in [0.15, 0.2) is 9.84 Å². The highest BCUT2D eigenvalue weighted by Crippen LogP contribution is 2.23. The molecule has 9 nitrogen and oxygen atoms in total. The van der Waals surface area contributed by atoms with Crippen LogP contribution in [0.15, 0.2) is 88.9 Å². The first-order valence-electron chi connectivity index (χ1n) is 12.6. The molecule has 0 N–H and O–H groups in total. The van der Waals surface area contributed by atoms with Crippen LogP contribution in [0.1, 0.15) is 18.1 Å². The molecule has 0 bridgehead atoms. The number of sulfonamides is 1. The zero-order valence-electron chi connectivity index (χ0n) is 22.0. The van der Waals surface area contributed by atoms with Crippen molar-refractivity contribution in [3.8, 4) is 0 Å². The first kappa shape index (κ1) is 28.6. The Bertz CT molecular complexity index is 1520. The molecule has 0 radical (unpaired) electrons. The van der Waals surface area contributed by atoms with E-state index < -0.39 is 19.9 Å². The number of rotatable bonds is 9. The largest absolute Gasteiger partial charge is 0.309 e. The number of piperazine rings is 1. The summed E-state index contributed by atoms with van der Waals surface area (Å²) in [5.74, 6) is -0.273. The molecule has 206 valence electrons. The maximum atomic E-state index is 13.3.